The highest BCUT2D eigenvalue weighted by molar-refractivity contribution is 7.13. The molecule has 0 saturated carbocycles. The first kappa shape index (κ1) is 17.2. The van der Waals surface area contributed by atoms with E-state index in [-0.39, 0.29) is 23.7 Å². The van der Waals surface area contributed by atoms with Crippen molar-refractivity contribution in [3.8, 4) is 0 Å². The van der Waals surface area contributed by atoms with E-state index in [0.29, 0.717) is 24.6 Å². The number of nitrogens with one attached hydrogen (secondary N) is 1. The predicted molar refractivity (Wildman–Crippen MR) is 99.0 cm³/mol. The molecule has 2 aliphatic rings. The first-order chi connectivity index (χ1) is 12.5. The standard InChI is InChI=1S/C18H23N5O2S/c1-11-8-13(10-22-9-12(2)20-15(11)22)17(25)23-6-3-4-14(23)16(24)21-18-19-5-7-26-18/h5,7,9,11,13-14H,3-4,6,8,10H2,1-2H3,(H,19,21,24)/t11-,13+,14?/m1/s1. The molecule has 0 radical (unpaired) electrons. The predicted octanol–water partition coefficient (Wildman–Crippen LogP) is 2.40. The van der Waals surface area contributed by atoms with E-state index in [2.05, 4.69) is 26.8 Å². The molecule has 138 valence electrons. The number of nitrogens with zero attached hydrogens (tertiary/aromatic N) is 4. The van der Waals surface area contributed by atoms with Gasteiger partial charge in [-0.2, -0.15) is 0 Å². The van der Waals surface area contributed by atoms with Crippen molar-refractivity contribution >= 4 is 28.3 Å². The summed E-state index contributed by atoms with van der Waals surface area (Å²) in [5, 5.41) is 5.24. The van der Waals surface area contributed by atoms with Crippen molar-refractivity contribution in [2.24, 2.45) is 5.92 Å². The summed E-state index contributed by atoms with van der Waals surface area (Å²) >= 11 is 1.39. The number of aromatic nitrogens is 3. The van der Waals surface area contributed by atoms with Crippen molar-refractivity contribution in [1.29, 1.82) is 0 Å². The van der Waals surface area contributed by atoms with Crippen molar-refractivity contribution in [3.63, 3.8) is 0 Å². The lowest BCUT2D eigenvalue weighted by Crippen LogP contribution is -2.47. The van der Waals surface area contributed by atoms with Crippen LogP contribution in [0.2, 0.25) is 0 Å². The number of carbonyl (C=O) groups is 2. The molecule has 2 aliphatic heterocycles. The Kier molecular flexibility index (Phi) is 4.52. The number of thiazole rings is 1. The van der Waals surface area contributed by atoms with Crippen LogP contribution in [-0.4, -0.2) is 43.8 Å². The van der Waals surface area contributed by atoms with Gasteiger partial charge in [0.25, 0.3) is 0 Å². The van der Waals surface area contributed by atoms with Gasteiger partial charge in [0.1, 0.15) is 11.9 Å². The summed E-state index contributed by atoms with van der Waals surface area (Å²) in [5.74, 6) is 1.17. The Morgan fingerprint density at radius 3 is 3.00 bits per heavy atom. The molecule has 2 aromatic heterocycles. The molecule has 0 spiro atoms. The molecule has 1 saturated heterocycles. The third-order valence-electron chi connectivity index (χ3n) is 5.27. The van der Waals surface area contributed by atoms with E-state index < -0.39 is 6.04 Å². The zero-order valence-electron chi connectivity index (χ0n) is 15.0. The molecule has 1 fully saturated rings. The van der Waals surface area contributed by atoms with Crippen LogP contribution in [0.3, 0.4) is 0 Å². The van der Waals surface area contributed by atoms with Gasteiger partial charge in [-0.3, -0.25) is 9.59 Å². The second-order valence-corrected chi connectivity index (χ2v) is 8.14. The summed E-state index contributed by atoms with van der Waals surface area (Å²) in [6.07, 6.45) is 6.03. The summed E-state index contributed by atoms with van der Waals surface area (Å²) in [7, 11) is 0. The van der Waals surface area contributed by atoms with E-state index in [1.807, 2.05) is 18.5 Å². The van der Waals surface area contributed by atoms with Gasteiger partial charge in [-0.1, -0.05) is 6.92 Å². The van der Waals surface area contributed by atoms with E-state index in [1.165, 1.54) is 11.3 Å². The van der Waals surface area contributed by atoms with Crippen LogP contribution in [-0.2, 0) is 16.1 Å². The number of rotatable bonds is 3. The number of hydrogen-bond acceptors (Lipinski definition) is 5. The zero-order valence-corrected chi connectivity index (χ0v) is 15.8. The topological polar surface area (TPSA) is 80.1 Å². The summed E-state index contributed by atoms with van der Waals surface area (Å²) in [6.45, 7) is 5.40. The average Bonchev–Trinajstić information content (AvgIpc) is 3.33. The number of fused-ring (bicyclic) bond motifs is 1. The molecule has 0 bridgehead atoms. The maximum absolute atomic E-state index is 13.2. The molecular weight excluding hydrogens is 350 g/mol. The minimum absolute atomic E-state index is 0.0886. The lowest BCUT2D eigenvalue weighted by molar-refractivity contribution is -0.141. The van der Waals surface area contributed by atoms with Gasteiger partial charge >= 0.3 is 0 Å². The van der Waals surface area contributed by atoms with Gasteiger partial charge in [-0.05, 0) is 26.2 Å². The van der Waals surface area contributed by atoms with Gasteiger partial charge < -0.3 is 14.8 Å². The van der Waals surface area contributed by atoms with Crippen molar-refractivity contribution in [2.75, 3.05) is 11.9 Å². The quantitative estimate of drug-likeness (QED) is 0.896. The molecule has 2 aromatic rings. The fourth-order valence-corrected chi connectivity index (χ4v) is 4.67. The van der Waals surface area contributed by atoms with Gasteiger partial charge in [0, 0.05) is 36.8 Å². The lowest BCUT2D eigenvalue weighted by atomic mass is 9.90. The number of amides is 2. The van der Waals surface area contributed by atoms with Gasteiger partial charge in [0.15, 0.2) is 5.13 Å². The van der Waals surface area contributed by atoms with Crippen molar-refractivity contribution in [2.45, 2.75) is 51.6 Å². The summed E-state index contributed by atoms with van der Waals surface area (Å²) in [6, 6.07) is -0.396. The molecule has 0 aliphatic carbocycles. The van der Waals surface area contributed by atoms with Gasteiger partial charge in [-0.15, -0.1) is 11.3 Å². The zero-order chi connectivity index (χ0) is 18.3. The first-order valence-electron chi connectivity index (χ1n) is 9.07. The second kappa shape index (κ2) is 6.83. The van der Waals surface area contributed by atoms with Crippen LogP contribution >= 0.6 is 11.3 Å². The Balaban J connectivity index is 1.47. The highest BCUT2D eigenvalue weighted by Gasteiger charge is 2.39. The minimum Gasteiger partial charge on any atom is -0.334 e. The molecular formula is C18H23N5O2S. The highest BCUT2D eigenvalue weighted by Crippen LogP contribution is 2.33. The Labute approximate surface area is 156 Å². The van der Waals surface area contributed by atoms with Crippen LogP contribution in [0.4, 0.5) is 5.13 Å². The van der Waals surface area contributed by atoms with E-state index in [0.717, 1.165) is 24.4 Å². The van der Waals surface area contributed by atoms with E-state index >= 15 is 0 Å². The molecule has 7 nitrogen and oxygen atoms in total. The van der Waals surface area contributed by atoms with Crippen LogP contribution in [0.5, 0.6) is 0 Å². The Morgan fingerprint density at radius 1 is 1.38 bits per heavy atom. The number of hydrogen-bond donors (Lipinski definition) is 1. The number of anilines is 1. The summed E-state index contributed by atoms with van der Waals surface area (Å²) in [4.78, 5) is 36.2. The van der Waals surface area contributed by atoms with Crippen LogP contribution in [0.15, 0.2) is 17.8 Å². The molecule has 1 unspecified atom stereocenters. The molecule has 8 heteroatoms. The highest BCUT2D eigenvalue weighted by atomic mass is 32.1. The van der Waals surface area contributed by atoms with Gasteiger partial charge in [0.2, 0.25) is 11.8 Å². The number of carbonyl (C=O) groups excluding carboxylic acids is 2. The molecule has 4 heterocycles. The number of imidazole rings is 1. The van der Waals surface area contributed by atoms with Crippen LogP contribution in [0, 0.1) is 12.8 Å². The van der Waals surface area contributed by atoms with E-state index in [1.54, 1.807) is 11.1 Å². The van der Waals surface area contributed by atoms with Crippen LogP contribution in [0.25, 0.3) is 0 Å². The van der Waals surface area contributed by atoms with Crippen molar-refractivity contribution in [3.05, 3.63) is 29.3 Å². The van der Waals surface area contributed by atoms with Crippen molar-refractivity contribution < 1.29 is 9.59 Å². The third kappa shape index (κ3) is 3.13. The molecule has 2 amide bonds. The molecule has 1 N–H and O–H groups in total. The number of aryl methyl sites for hydroxylation is 1. The van der Waals surface area contributed by atoms with E-state index in [9.17, 15) is 9.59 Å². The smallest absolute Gasteiger partial charge is 0.248 e. The van der Waals surface area contributed by atoms with E-state index in [4.69, 9.17) is 0 Å². The maximum Gasteiger partial charge on any atom is 0.248 e. The molecule has 26 heavy (non-hydrogen) atoms. The Bertz CT molecular complexity index is 816. The SMILES string of the molecule is Cc1cn2c(n1)[C@H](C)C[C@H](C(=O)N1CCCC1C(=O)Nc1nccs1)C2. The normalized spacial score (nSPS) is 25.2. The molecule has 0 aromatic carbocycles. The van der Waals surface area contributed by atoms with Crippen LogP contribution < -0.4 is 5.32 Å². The minimum atomic E-state index is -0.396. The van der Waals surface area contributed by atoms with Gasteiger partial charge in [-0.25, -0.2) is 9.97 Å². The fourth-order valence-electron chi connectivity index (χ4n) is 4.14. The fraction of sp³-hybridized carbons (Fsp3) is 0.556. The third-order valence-corrected chi connectivity index (χ3v) is 5.96. The number of likely N-dealkylation sites (tertiary alicyclic amines) is 1. The second-order valence-electron chi connectivity index (χ2n) is 7.24. The lowest BCUT2D eigenvalue weighted by Gasteiger charge is -2.32. The average molecular weight is 373 g/mol. The molecule has 3 atom stereocenters. The Hall–Kier alpha value is -2.22. The van der Waals surface area contributed by atoms with Gasteiger partial charge in [0.05, 0.1) is 11.6 Å². The summed E-state index contributed by atoms with van der Waals surface area (Å²) in [5.41, 5.74) is 0.988. The van der Waals surface area contributed by atoms with Crippen molar-refractivity contribution in [1.82, 2.24) is 19.4 Å². The summed E-state index contributed by atoms with van der Waals surface area (Å²) < 4.78 is 2.10. The molecule has 4 rings (SSSR count). The largest absolute Gasteiger partial charge is 0.334 e. The Morgan fingerprint density at radius 2 is 2.23 bits per heavy atom. The van der Waals surface area contributed by atoms with Crippen LogP contribution in [0.1, 0.15) is 43.6 Å². The monoisotopic (exact) mass is 373 g/mol. The maximum atomic E-state index is 13.2. The first-order valence-corrected chi connectivity index (χ1v) is 9.95.